The molecular formula is C21H18BrNO2. The predicted octanol–water partition coefficient (Wildman–Crippen LogP) is 5.49. The predicted molar refractivity (Wildman–Crippen MR) is 104 cm³/mol. The lowest BCUT2D eigenvalue weighted by atomic mass is 9.97. The first-order valence-corrected chi connectivity index (χ1v) is 8.72. The highest BCUT2D eigenvalue weighted by Gasteiger charge is 2.22. The van der Waals surface area contributed by atoms with E-state index >= 15 is 0 Å². The lowest BCUT2D eigenvalue weighted by Gasteiger charge is -2.20. The van der Waals surface area contributed by atoms with Crippen molar-refractivity contribution in [2.45, 2.75) is 6.04 Å². The van der Waals surface area contributed by atoms with Gasteiger partial charge in [0.15, 0.2) is 5.78 Å². The summed E-state index contributed by atoms with van der Waals surface area (Å²) in [4.78, 5) is 13.1. The van der Waals surface area contributed by atoms with Crippen LogP contribution in [-0.2, 0) is 0 Å². The minimum atomic E-state index is -0.469. The summed E-state index contributed by atoms with van der Waals surface area (Å²) in [6.45, 7) is 0. The quantitative estimate of drug-likeness (QED) is 0.560. The molecule has 4 heteroatoms. The van der Waals surface area contributed by atoms with Gasteiger partial charge in [0.1, 0.15) is 11.8 Å². The van der Waals surface area contributed by atoms with Crippen LogP contribution in [-0.4, -0.2) is 12.9 Å². The first kappa shape index (κ1) is 17.2. The Morgan fingerprint density at radius 3 is 2.16 bits per heavy atom. The van der Waals surface area contributed by atoms with Crippen molar-refractivity contribution in [3.05, 3.63) is 94.5 Å². The fourth-order valence-corrected chi connectivity index (χ4v) is 2.84. The van der Waals surface area contributed by atoms with Gasteiger partial charge in [-0.3, -0.25) is 4.79 Å². The number of ketones is 1. The number of hydrogen-bond acceptors (Lipinski definition) is 3. The molecule has 0 saturated carbocycles. The van der Waals surface area contributed by atoms with Crippen LogP contribution >= 0.6 is 15.9 Å². The van der Waals surface area contributed by atoms with Crippen molar-refractivity contribution in [2.24, 2.45) is 0 Å². The summed E-state index contributed by atoms with van der Waals surface area (Å²) in [5.41, 5.74) is 2.45. The van der Waals surface area contributed by atoms with E-state index in [-0.39, 0.29) is 5.78 Å². The Bertz CT molecular complexity index is 830. The SMILES string of the molecule is COc1ccc(N[C@H](C(=O)c2ccccc2)c2ccc(Br)cc2)cc1. The van der Waals surface area contributed by atoms with E-state index in [4.69, 9.17) is 4.74 Å². The molecule has 0 aromatic heterocycles. The summed E-state index contributed by atoms with van der Waals surface area (Å²) in [5.74, 6) is 0.805. The Balaban J connectivity index is 1.93. The second-order valence-electron chi connectivity index (χ2n) is 5.59. The van der Waals surface area contributed by atoms with Crippen LogP contribution in [0.1, 0.15) is 22.0 Å². The monoisotopic (exact) mass is 395 g/mol. The Hall–Kier alpha value is -2.59. The molecule has 0 bridgehead atoms. The zero-order chi connectivity index (χ0) is 17.6. The van der Waals surface area contributed by atoms with E-state index in [1.54, 1.807) is 7.11 Å². The highest BCUT2D eigenvalue weighted by molar-refractivity contribution is 9.10. The molecule has 0 amide bonds. The van der Waals surface area contributed by atoms with Crippen molar-refractivity contribution in [1.29, 1.82) is 0 Å². The van der Waals surface area contributed by atoms with E-state index in [0.717, 1.165) is 21.5 Å². The second kappa shape index (κ2) is 7.99. The van der Waals surface area contributed by atoms with Crippen LogP contribution in [0.2, 0.25) is 0 Å². The molecule has 0 heterocycles. The molecule has 1 N–H and O–H groups in total. The molecular weight excluding hydrogens is 378 g/mol. The van der Waals surface area contributed by atoms with Crippen molar-refractivity contribution < 1.29 is 9.53 Å². The number of carbonyl (C=O) groups is 1. The van der Waals surface area contributed by atoms with Gasteiger partial charge >= 0.3 is 0 Å². The lowest BCUT2D eigenvalue weighted by molar-refractivity contribution is 0.0969. The fourth-order valence-electron chi connectivity index (χ4n) is 2.58. The summed E-state index contributed by atoms with van der Waals surface area (Å²) in [7, 11) is 1.63. The van der Waals surface area contributed by atoms with Crippen LogP contribution in [0, 0.1) is 0 Å². The molecule has 0 aliphatic rings. The molecule has 126 valence electrons. The maximum absolute atomic E-state index is 13.1. The van der Waals surface area contributed by atoms with Gasteiger partial charge in [0.2, 0.25) is 0 Å². The third-order valence-electron chi connectivity index (χ3n) is 3.92. The average molecular weight is 396 g/mol. The Labute approximate surface area is 155 Å². The van der Waals surface area contributed by atoms with Gasteiger partial charge in [-0.25, -0.2) is 0 Å². The smallest absolute Gasteiger partial charge is 0.189 e. The maximum Gasteiger partial charge on any atom is 0.189 e. The molecule has 0 radical (unpaired) electrons. The highest BCUT2D eigenvalue weighted by atomic mass is 79.9. The van der Waals surface area contributed by atoms with Crippen LogP contribution in [0.3, 0.4) is 0 Å². The zero-order valence-electron chi connectivity index (χ0n) is 13.8. The molecule has 1 atom stereocenters. The van der Waals surface area contributed by atoms with E-state index in [0.29, 0.717) is 5.56 Å². The number of benzene rings is 3. The van der Waals surface area contributed by atoms with Crippen LogP contribution in [0.4, 0.5) is 5.69 Å². The number of anilines is 1. The fraction of sp³-hybridized carbons (Fsp3) is 0.0952. The second-order valence-corrected chi connectivity index (χ2v) is 6.50. The van der Waals surface area contributed by atoms with Gasteiger partial charge in [-0.15, -0.1) is 0 Å². The number of halogens is 1. The summed E-state index contributed by atoms with van der Waals surface area (Å²) < 4.78 is 6.17. The number of nitrogens with one attached hydrogen (secondary N) is 1. The van der Waals surface area contributed by atoms with Gasteiger partial charge in [-0.05, 0) is 42.0 Å². The number of Topliss-reactive ketones (excluding diaryl/α,β-unsaturated/α-hetero) is 1. The van der Waals surface area contributed by atoms with Gasteiger partial charge < -0.3 is 10.1 Å². The third-order valence-corrected chi connectivity index (χ3v) is 4.45. The minimum Gasteiger partial charge on any atom is -0.497 e. The first-order chi connectivity index (χ1) is 12.2. The van der Waals surface area contributed by atoms with Gasteiger partial charge in [0, 0.05) is 15.7 Å². The topological polar surface area (TPSA) is 38.3 Å². The molecule has 0 unspecified atom stereocenters. The first-order valence-electron chi connectivity index (χ1n) is 7.92. The molecule has 25 heavy (non-hydrogen) atoms. The van der Waals surface area contributed by atoms with Crippen molar-refractivity contribution in [3.63, 3.8) is 0 Å². The van der Waals surface area contributed by atoms with E-state index in [1.807, 2.05) is 78.9 Å². The van der Waals surface area contributed by atoms with E-state index in [2.05, 4.69) is 21.2 Å². The average Bonchev–Trinajstić information content (AvgIpc) is 2.67. The Kier molecular flexibility index (Phi) is 5.51. The molecule has 0 fully saturated rings. The molecule has 0 aliphatic heterocycles. The van der Waals surface area contributed by atoms with Crippen LogP contribution in [0.15, 0.2) is 83.3 Å². The minimum absolute atomic E-state index is 0.0266. The van der Waals surface area contributed by atoms with Crippen LogP contribution in [0.5, 0.6) is 5.75 Å². The third kappa shape index (κ3) is 4.28. The molecule has 0 aliphatic carbocycles. The van der Waals surface area contributed by atoms with Gasteiger partial charge in [0.05, 0.1) is 7.11 Å². The van der Waals surface area contributed by atoms with Gasteiger partial charge in [0.25, 0.3) is 0 Å². The summed E-state index contributed by atoms with van der Waals surface area (Å²) >= 11 is 3.44. The van der Waals surface area contributed by atoms with E-state index in [9.17, 15) is 4.79 Å². The van der Waals surface area contributed by atoms with Crippen molar-refractivity contribution in [1.82, 2.24) is 0 Å². The van der Waals surface area contributed by atoms with Crippen LogP contribution in [0.25, 0.3) is 0 Å². The van der Waals surface area contributed by atoms with E-state index < -0.39 is 6.04 Å². The largest absolute Gasteiger partial charge is 0.497 e. The lowest BCUT2D eigenvalue weighted by Crippen LogP contribution is -2.21. The molecule has 0 saturated heterocycles. The normalized spacial score (nSPS) is 11.6. The number of methoxy groups -OCH3 is 1. The molecule has 3 nitrogen and oxygen atoms in total. The summed E-state index contributed by atoms with van der Waals surface area (Å²) in [6, 6.07) is 24.2. The van der Waals surface area contributed by atoms with Crippen molar-refractivity contribution >= 4 is 27.4 Å². The summed E-state index contributed by atoms with van der Waals surface area (Å²) in [5, 5.41) is 3.34. The molecule has 3 aromatic rings. The maximum atomic E-state index is 13.1. The van der Waals surface area contributed by atoms with E-state index in [1.165, 1.54) is 0 Å². The van der Waals surface area contributed by atoms with Gasteiger partial charge in [-0.1, -0.05) is 58.4 Å². The number of rotatable bonds is 6. The number of hydrogen-bond donors (Lipinski definition) is 1. The number of carbonyl (C=O) groups excluding carboxylic acids is 1. The molecule has 3 aromatic carbocycles. The highest BCUT2D eigenvalue weighted by Crippen LogP contribution is 2.26. The molecule has 3 rings (SSSR count). The number of ether oxygens (including phenoxy) is 1. The summed E-state index contributed by atoms with van der Waals surface area (Å²) in [6.07, 6.45) is 0. The Morgan fingerprint density at radius 2 is 1.56 bits per heavy atom. The zero-order valence-corrected chi connectivity index (χ0v) is 15.4. The van der Waals surface area contributed by atoms with Crippen molar-refractivity contribution in [2.75, 3.05) is 12.4 Å². The molecule has 0 spiro atoms. The Morgan fingerprint density at radius 1 is 0.920 bits per heavy atom. The van der Waals surface area contributed by atoms with Crippen molar-refractivity contribution in [3.8, 4) is 5.75 Å². The van der Waals surface area contributed by atoms with Gasteiger partial charge in [-0.2, -0.15) is 0 Å². The standard InChI is InChI=1S/C21H18BrNO2/c1-25-19-13-11-18(12-14-19)23-20(15-7-9-17(22)10-8-15)21(24)16-5-3-2-4-6-16/h2-14,20,23H,1H3/t20-/m0/s1. The van der Waals surface area contributed by atoms with Crippen LogP contribution < -0.4 is 10.1 Å².